The lowest BCUT2D eigenvalue weighted by molar-refractivity contribution is 0.234. The summed E-state index contributed by atoms with van der Waals surface area (Å²) in [4.78, 5) is 12.1. The molecular formula is C20H25FN2O2. The van der Waals surface area contributed by atoms with Crippen LogP contribution in [0, 0.1) is 5.82 Å². The Bertz CT molecular complexity index is 706. The van der Waals surface area contributed by atoms with Crippen LogP contribution in [0.3, 0.4) is 0 Å². The van der Waals surface area contributed by atoms with E-state index in [4.69, 9.17) is 4.74 Å². The van der Waals surface area contributed by atoms with Crippen molar-refractivity contribution in [2.45, 2.75) is 38.8 Å². The van der Waals surface area contributed by atoms with E-state index in [1.54, 1.807) is 25.3 Å². The molecule has 5 heteroatoms. The highest BCUT2D eigenvalue weighted by molar-refractivity contribution is 5.74. The van der Waals surface area contributed by atoms with Crippen molar-refractivity contribution in [1.82, 2.24) is 10.6 Å². The van der Waals surface area contributed by atoms with Crippen molar-refractivity contribution in [1.29, 1.82) is 0 Å². The number of benzene rings is 2. The van der Waals surface area contributed by atoms with E-state index >= 15 is 0 Å². The van der Waals surface area contributed by atoms with Crippen LogP contribution in [-0.2, 0) is 12.8 Å². The third-order valence-electron chi connectivity index (χ3n) is 3.91. The number of hydrogen-bond donors (Lipinski definition) is 2. The monoisotopic (exact) mass is 344 g/mol. The Morgan fingerprint density at radius 2 is 1.72 bits per heavy atom. The summed E-state index contributed by atoms with van der Waals surface area (Å²) in [6, 6.07) is 13.9. The summed E-state index contributed by atoms with van der Waals surface area (Å²) in [5.41, 5.74) is 1.69. The quantitative estimate of drug-likeness (QED) is 0.805. The molecule has 2 amide bonds. The van der Waals surface area contributed by atoms with Crippen molar-refractivity contribution in [3.63, 3.8) is 0 Å². The van der Waals surface area contributed by atoms with Crippen molar-refractivity contribution in [3.05, 3.63) is 65.5 Å². The highest BCUT2D eigenvalue weighted by Gasteiger charge is 2.13. The highest BCUT2D eigenvalue weighted by Crippen LogP contribution is 2.14. The lowest BCUT2D eigenvalue weighted by atomic mass is 10.1. The summed E-state index contributed by atoms with van der Waals surface area (Å²) in [7, 11) is 1.63. The van der Waals surface area contributed by atoms with Gasteiger partial charge in [0.05, 0.1) is 7.11 Å². The molecule has 0 bridgehead atoms. The molecule has 4 nitrogen and oxygen atoms in total. The van der Waals surface area contributed by atoms with Crippen molar-refractivity contribution < 1.29 is 13.9 Å². The highest BCUT2D eigenvalue weighted by atomic mass is 19.1. The Morgan fingerprint density at radius 1 is 1.04 bits per heavy atom. The minimum atomic E-state index is -0.251. The molecule has 0 spiro atoms. The standard InChI is InChI=1S/C20H25FN2O2/c1-14(11-16-7-6-9-18(13-16)25-3)22-20(24)23-15(2)12-17-8-4-5-10-19(17)21/h4-10,13-15H,11-12H2,1-3H3,(H2,22,23,24). The van der Waals surface area contributed by atoms with Gasteiger partial charge in [-0.05, 0) is 56.0 Å². The Labute approximate surface area is 148 Å². The van der Waals surface area contributed by atoms with Gasteiger partial charge in [-0.1, -0.05) is 30.3 Å². The average molecular weight is 344 g/mol. The van der Waals surface area contributed by atoms with Gasteiger partial charge in [0, 0.05) is 12.1 Å². The number of carbonyl (C=O) groups is 1. The fourth-order valence-corrected chi connectivity index (χ4v) is 2.74. The minimum Gasteiger partial charge on any atom is -0.497 e. The van der Waals surface area contributed by atoms with E-state index < -0.39 is 0 Å². The molecule has 2 atom stereocenters. The summed E-state index contributed by atoms with van der Waals surface area (Å²) in [6.45, 7) is 3.80. The largest absolute Gasteiger partial charge is 0.497 e. The molecule has 0 heterocycles. The van der Waals surface area contributed by atoms with Crippen LogP contribution in [0.1, 0.15) is 25.0 Å². The van der Waals surface area contributed by atoms with Gasteiger partial charge in [-0.25, -0.2) is 9.18 Å². The molecule has 2 N–H and O–H groups in total. The van der Waals surface area contributed by atoms with Crippen LogP contribution in [0.25, 0.3) is 0 Å². The molecule has 0 radical (unpaired) electrons. The molecule has 0 aliphatic heterocycles. The number of methoxy groups -OCH3 is 1. The van der Waals surface area contributed by atoms with Gasteiger partial charge < -0.3 is 15.4 Å². The first-order valence-electron chi connectivity index (χ1n) is 8.41. The second-order valence-corrected chi connectivity index (χ2v) is 6.27. The third kappa shape index (κ3) is 6.10. The molecule has 2 aromatic rings. The van der Waals surface area contributed by atoms with Crippen molar-refractivity contribution in [2.24, 2.45) is 0 Å². The van der Waals surface area contributed by atoms with Crippen LogP contribution in [0.4, 0.5) is 9.18 Å². The zero-order valence-corrected chi connectivity index (χ0v) is 14.9. The number of nitrogens with one attached hydrogen (secondary N) is 2. The molecule has 0 aliphatic carbocycles. The summed E-state index contributed by atoms with van der Waals surface area (Å²) >= 11 is 0. The van der Waals surface area contributed by atoms with Gasteiger partial charge in [0.2, 0.25) is 0 Å². The number of amides is 2. The van der Waals surface area contributed by atoms with Gasteiger partial charge in [-0.2, -0.15) is 0 Å². The lowest BCUT2D eigenvalue weighted by Crippen LogP contribution is -2.45. The predicted octanol–water partition coefficient (Wildman–Crippen LogP) is 3.70. The Balaban J connectivity index is 1.81. The lowest BCUT2D eigenvalue weighted by Gasteiger charge is -2.19. The molecule has 0 saturated carbocycles. The molecule has 0 saturated heterocycles. The molecular weight excluding hydrogens is 319 g/mol. The van der Waals surface area contributed by atoms with Gasteiger partial charge in [-0.15, -0.1) is 0 Å². The first-order valence-corrected chi connectivity index (χ1v) is 8.41. The van der Waals surface area contributed by atoms with Gasteiger partial charge in [0.25, 0.3) is 0 Å². The zero-order valence-electron chi connectivity index (χ0n) is 14.9. The number of rotatable bonds is 7. The van der Waals surface area contributed by atoms with E-state index in [1.807, 2.05) is 38.1 Å². The predicted molar refractivity (Wildman–Crippen MR) is 97.4 cm³/mol. The third-order valence-corrected chi connectivity index (χ3v) is 3.91. The minimum absolute atomic E-state index is 0.0345. The van der Waals surface area contributed by atoms with Gasteiger partial charge >= 0.3 is 6.03 Å². The normalized spacial score (nSPS) is 13.0. The molecule has 0 aromatic heterocycles. The SMILES string of the molecule is COc1cccc(CC(C)NC(=O)NC(C)Cc2ccccc2F)c1. The smallest absolute Gasteiger partial charge is 0.315 e. The number of ether oxygens (including phenoxy) is 1. The van der Waals surface area contributed by atoms with Crippen LogP contribution in [-0.4, -0.2) is 25.2 Å². The first-order chi connectivity index (χ1) is 12.0. The maximum Gasteiger partial charge on any atom is 0.315 e. The molecule has 0 fully saturated rings. The van der Waals surface area contributed by atoms with E-state index in [9.17, 15) is 9.18 Å². The van der Waals surface area contributed by atoms with E-state index in [0.717, 1.165) is 11.3 Å². The van der Waals surface area contributed by atoms with Crippen LogP contribution >= 0.6 is 0 Å². The van der Waals surface area contributed by atoms with E-state index in [1.165, 1.54) is 6.07 Å². The number of hydrogen-bond acceptors (Lipinski definition) is 2. The van der Waals surface area contributed by atoms with E-state index in [-0.39, 0.29) is 23.9 Å². The molecule has 2 aromatic carbocycles. The van der Waals surface area contributed by atoms with Crippen LogP contribution in [0.15, 0.2) is 48.5 Å². The average Bonchev–Trinajstić information content (AvgIpc) is 2.56. The fourth-order valence-electron chi connectivity index (χ4n) is 2.74. The van der Waals surface area contributed by atoms with Crippen molar-refractivity contribution in [2.75, 3.05) is 7.11 Å². The zero-order chi connectivity index (χ0) is 18.2. The van der Waals surface area contributed by atoms with Gasteiger partial charge in [0.15, 0.2) is 0 Å². The molecule has 2 unspecified atom stereocenters. The molecule has 134 valence electrons. The van der Waals surface area contributed by atoms with E-state index in [0.29, 0.717) is 18.4 Å². The number of urea groups is 1. The summed E-state index contributed by atoms with van der Waals surface area (Å²) in [6.07, 6.45) is 1.15. The Kier molecular flexibility index (Phi) is 6.81. The second-order valence-electron chi connectivity index (χ2n) is 6.27. The summed E-state index contributed by atoms with van der Waals surface area (Å²) in [5, 5.41) is 5.77. The molecule has 0 aliphatic rings. The maximum atomic E-state index is 13.7. The topological polar surface area (TPSA) is 50.4 Å². The van der Waals surface area contributed by atoms with E-state index in [2.05, 4.69) is 10.6 Å². The molecule has 25 heavy (non-hydrogen) atoms. The Hall–Kier alpha value is -2.56. The Morgan fingerprint density at radius 3 is 2.40 bits per heavy atom. The summed E-state index contributed by atoms with van der Waals surface area (Å²) < 4.78 is 18.9. The van der Waals surface area contributed by atoms with Crippen LogP contribution in [0.2, 0.25) is 0 Å². The maximum absolute atomic E-state index is 13.7. The van der Waals surface area contributed by atoms with Crippen LogP contribution < -0.4 is 15.4 Å². The fraction of sp³-hybridized carbons (Fsp3) is 0.350. The van der Waals surface area contributed by atoms with Gasteiger partial charge in [-0.3, -0.25) is 0 Å². The van der Waals surface area contributed by atoms with Crippen molar-refractivity contribution >= 4 is 6.03 Å². The second kappa shape index (κ2) is 9.06. The van der Waals surface area contributed by atoms with Crippen LogP contribution in [0.5, 0.6) is 5.75 Å². The van der Waals surface area contributed by atoms with Gasteiger partial charge in [0.1, 0.15) is 11.6 Å². The summed E-state index contributed by atoms with van der Waals surface area (Å²) in [5.74, 6) is 0.551. The molecule has 2 rings (SSSR count). The number of halogens is 1. The first kappa shape index (κ1) is 18.8. The van der Waals surface area contributed by atoms with Crippen molar-refractivity contribution in [3.8, 4) is 5.75 Å². The number of carbonyl (C=O) groups excluding carboxylic acids is 1.